The second-order valence-corrected chi connectivity index (χ2v) is 9.63. The molecule has 0 radical (unpaired) electrons. The van der Waals surface area contributed by atoms with E-state index in [1.54, 1.807) is 31.2 Å². The molecule has 1 atom stereocenters. The van der Waals surface area contributed by atoms with Gasteiger partial charge >= 0.3 is 11.9 Å². The number of benzene rings is 2. The molecule has 1 aliphatic rings. The van der Waals surface area contributed by atoms with Crippen LogP contribution in [0.3, 0.4) is 0 Å². The highest BCUT2D eigenvalue weighted by Crippen LogP contribution is 2.31. The van der Waals surface area contributed by atoms with Gasteiger partial charge in [-0.2, -0.15) is 0 Å². The number of rotatable bonds is 7. The predicted octanol–water partition coefficient (Wildman–Crippen LogP) is 2.96. The maximum absolute atomic E-state index is 13.7. The number of hydrogen-bond donors (Lipinski definition) is 0. The zero-order valence-corrected chi connectivity index (χ0v) is 21.9. The number of allylic oxidation sites excluding steroid dienone is 1. The van der Waals surface area contributed by atoms with Gasteiger partial charge in [0, 0.05) is 26.7 Å². The third kappa shape index (κ3) is 5.46. The summed E-state index contributed by atoms with van der Waals surface area (Å²) in [5.41, 5.74) is 3.03. The Labute approximate surface area is 218 Å². The summed E-state index contributed by atoms with van der Waals surface area (Å²) in [6.45, 7) is 6.67. The molecule has 0 spiro atoms. The first-order chi connectivity index (χ1) is 17.7. The van der Waals surface area contributed by atoms with Crippen molar-refractivity contribution < 1.29 is 19.1 Å². The van der Waals surface area contributed by atoms with E-state index < -0.39 is 18.0 Å². The summed E-state index contributed by atoms with van der Waals surface area (Å²) in [6.07, 6.45) is 3.30. The Morgan fingerprint density at radius 3 is 2.41 bits per heavy atom. The average molecular weight is 518 g/mol. The van der Waals surface area contributed by atoms with Crippen LogP contribution in [-0.4, -0.2) is 37.2 Å². The summed E-state index contributed by atoms with van der Waals surface area (Å²) in [6, 6.07) is 13.8. The van der Waals surface area contributed by atoms with Gasteiger partial charge in [0.2, 0.25) is 0 Å². The van der Waals surface area contributed by atoms with Crippen LogP contribution in [-0.2, 0) is 14.3 Å². The molecule has 8 nitrogen and oxygen atoms in total. The highest BCUT2D eigenvalue weighted by Gasteiger charge is 2.33. The number of carbonyl (C=O) groups excluding carboxylic acids is 2. The molecule has 1 aliphatic heterocycles. The lowest BCUT2D eigenvalue weighted by molar-refractivity contribution is -0.138. The molecule has 0 fully saturated rings. The fourth-order valence-corrected chi connectivity index (χ4v) is 5.06. The minimum absolute atomic E-state index is 0.0289. The van der Waals surface area contributed by atoms with Crippen molar-refractivity contribution in [1.82, 2.24) is 4.57 Å². The fraction of sp³-hybridized carbons (Fsp3) is 0.214. The van der Waals surface area contributed by atoms with Gasteiger partial charge in [-0.15, -0.1) is 0 Å². The molecule has 37 heavy (non-hydrogen) atoms. The Morgan fingerprint density at radius 2 is 1.81 bits per heavy atom. The van der Waals surface area contributed by atoms with Gasteiger partial charge in [-0.25, -0.2) is 9.79 Å². The molecule has 0 amide bonds. The molecule has 0 saturated carbocycles. The number of hydrogen-bond acceptors (Lipinski definition) is 8. The van der Waals surface area contributed by atoms with E-state index in [1.165, 1.54) is 28.9 Å². The van der Waals surface area contributed by atoms with Crippen molar-refractivity contribution in [3.63, 3.8) is 0 Å². The third-order valence-electron chi connectivity index (χ3n) is 5.74. The van der Waals surface area contributed by atoms with Crippen LogP contribution in [0.4, 0.5) is 5.69 Å². The van der Waals surface area contributed by atoms with Gasteiger partial charge in [0.1, 0.15) is 12.4 Å². The molecule has 4 rings (SSSR count). The molecule has 9 heteroatoms. The van der Waals surface area contributed by atoms with Crippen LogP contribution in [0.1, 0.15) is 31.0 Å². The van der Waals surface area contributed by atoms with Crippen molar-refractivity contribution in [1.29, 1.82) is 0 Å². The molecule has 1 aromatic heterocycles. The Hall–Kier alpha value is -4.24. The molecule has 190 valence electrons. The monoisotopic (exact) mass is 517 g/mol. The summed E-state index contributed by atoms with van der Waals surface area (Å²) < 4.78 is 12.5. The Balaban J connectivity index is 1.86. The number of carbonyl (C=O) groups is 2. The number of esters is 2. The molecular formula is C28H27N3O5S. The maximum Gasteiger partial charge on any atom is 0.338 e. The molecule has 0 aliphatic carbocycles. The number of fused-ring (bicyclic) bond motifs is 1. The summed E-state index contributed by atoms with van der Waals surface area (Å²) in [5.74, 6) is -0.658. The van der Waals surface area contributed by atoms with Gasteiger partial charge in [0.25, 0.3) is 5.56 Å². The van der Waals surface area contributed by atoms with E-state index in [2.05, 4.69) is 11.6 Å². The van der Waals surface area contributed by atoms with Crippen molar-refractivity contribution in [3.8, 4) is 5.75 Å². The molecule has 0 saturated heterocycles. The number of ether oxygens (including phenoxy) is 2. The Morgan fingerprint density at radius 1 is 1.14 bits per heavy atom. The van der Waals surface area contributed by atoms with Crippen LogP contribution in [0.25, 0.3) is 6.08 Å². The minimum atomic E-state index is -0.766. The van der Waals surface area contributed by atoms with E-state index in [4.69, 9.17) is 9.47 Å². The van der Waals surface area contributed by atoms with E-state index in [-0.39, 0.29) is 17.7 Å². The van der Waals surface area contributed by atoms with Crippen LogP contribution in [0.5, 0.6) is 5.75 Å². The zero-order chi connectivity index (χ0) is 26.7. The van der Waals surface area contributed by atoms with Crippen LogP contribution < -0.4 is 24.5 Å². The van der Waals surface area contributed by atoms with E-state index in [0.29, 0.717) is 26.3 Å². The topological polar surface area (TPSA) is 90.2 Å². The van der Waals surface area contributed by atoms with Crippen molar-refractivity contribution in [2.24, 2.45) is 4.99 Å². The first kappa shape index (κ1) is 25.8. The van der Waals surface area contributed by atoms with E-state index in [9.17, 15) is 14.4 Å². The Kier molecular flexibility index (Phi) is 7.54. The molecule has 1 unspecified atom stereocenters. The summed E-state index contributed by atoms with van der Waals surface area (Å²) in [5, 5.41) is 0. The predicted molar refractivity (Wildman–Crippen MR) is 143 cm³/mol. The standard InChI is InChI=1S/C28H27N3O5S/c1-6-15-35-27(34)24-17(2)29-28-31(25(24)20-9-13-22(14-10-20)36-18(3)32)26(33)23(37-28)16-19-7-11-21(12-8-19)30(4)5/h6-14,16,25H,1,15H2,2-5H3. The third-order valence-corrected chi connectivity index (χ3v) is 6.72. The van der Waals surface area contributed by atoms with Crippen molar-refractivity contribution in [3.05, 3.63) is 103 Å². The second-order valence-electron chi connectivity index (χ2n) is 8.62. The smallest absolute Gasteiger partial charge is 0.338 e. The van der Waals surface area contributed by atoms with E-state index >= 15 is 0 Å². The molecule has 2 aromatic carbocycles. The van der Waals surface area contributed by atoms with Crippen LogP contribution >= 0.6 is 11.3 Å². The second kappa shape index (κ2) is 10.8. The average Bonchev–Trinajstić information content (AvgIpc) is 3.16. The first-order valence-electron chi connectivity index (χ1n) is 11.6. The molecule has 0 N–H and O–H groups in total. The van der Waals surface area contributed by atoms with Gasteiger partial charge in [0.15, 0.2) is 4.80 Å². The lowest BCUT2D eigenvalue weighted by Gasteiger charge is -2.24. The maximum atomic E-state index is 13.7. The summed E-state index contributed by atoms with van der Waals surface area (Å²) >= 11 is 1.26. The van der Waals surface area contributed by atoms with E-state index in [0.717, 1.165) is 11.3 Å². The first-order valence-corrected chi connectivity index (χ1v) is 12.4. The van der Waals surface area contributed by atoms with Gasteiger partial charge in [-0.1, -0.05) is 48.3 Å². The Bertz CT molecular complexity index is 1560. The van der Waals surface area contributed by atoms with Crippen LogP contribution in [0.2, 0.25) is 0 Å². The highest BCUT2D eigenvalue weighted by atomic mass is 32.1. The van der Waals surface area contributed by atoms with Crippen molar-refractivity contribution in [2.75, 3.05) is 25.6 Å². The zero-order valence-electron chi connectivity index (χ0n) is 21.1. The minimum Gasteiger partial charge on any atom is -0.458 e. The molecule has 3 aromatic rings. The molecule has 0 bridgehead atoms. The van der Waals surface area contributed by atoms with Crippen molar-refractivity contribution >= 4 is 35.0 Å². The normalized spacial score (nSPS) is 15.0. The van der Waals surface area contributed by atoms with Crippen LogP contribution in [0, 0.1) is 0 Å². The largest absolute Gasteiger partial charge is 0.458 e. The van der Waals surface area contributed by atoms with Gasteiger partial charge < -0.3 is 14.4 Å². The van der Waals surface area contributed by atoms with Gasteiger partial charge in [-0.05, 0) is 48.4 Å². The van der Waals surface area contributed by atoms with Gasteiger partial charge in [0.05, 0.1) is 21.8 Å². The number of thiazole rings is 1. The fourth-order valence-electron chi connectivity index (χ4n) is 4.01. The lowest BCUT2D eigenvalue weighted by Crippen LogP contribution is -2.39. The van der Waals surface area contributed by atoms with Crippen molar-refractivity contribution in [2.45, 2.75) is 19.9 Å². The highest BCUT2D eigenvalue weighted by molar-refractivity contribution is 7.07. The summed E-state index contributed by atoms with van der Waals surface area (Å²) in [7, 11) is 3.93. The summed E-state index contributed by atoms with van der Waals surface area (Å²) in [4.78, 5) is 45.2. The SMILES string of the molecule is C=CCOC(=O)C1=C(C)N=c2sc(=Cc3ccc(N(C)C)cc3)c(=O)n2C1c1ccc(OC(C)=O)cc1. The quantitative estimate of drug-likeness (QED) is 0.272. The number of aromatic nitrogens is 1. The lowest BCUT2D eigenvalue weighted by atomic mass is 9.96. The molecule has 2 heterocycles. The molecular weight excluding hydrogens is 490 g/mol. The number of nitrogens with zero attached hydrogens (tertiary/aromatic N) is 3. The van der Waals surface area contributed by atoms with Gasteiger partial charge in [-0.3, -0.25) is 14.2 Å². The van der Waals surface area contributed by atoms with E-state index in [1.807, 2.05) is 49.3 Å². The van der Waals surface area contributed by atoms with Crippen LogP contribution in [0.15, 0.2) is 82.2 Å². The number of anilines is 1.